The second-order valence-electron chi connectivity index (χ2n) is 8.74. The summed E-state index contributed by atoms with van der Waals surface area (Å²) in [7, 11) is 0. The fraction of sp³-hybridized carbons (Fsp3) is 0.423. The number of rotatable bonds is 9. The highest BCUT2D eigenvalue weighted by atomic mass is 32.1. The Hall–Kier alpha value is -3.01. The van der Waals surface area contributed by atoms with Crippen molar-refractivity contribution in [3.63, 3.8) is 0 Å². The van der Waals surface area contributed by atoms with E-state index in [1.54, 1.807) is 0 Å². The number of carbonyl (C=O) groups excluding carboxylic acids is 1. The fourth-order valence-corrected chi connectivity index (χ4v) is 4.83. The summed E-state index contributed by atoms with van der Waals surface area (Å²) < 4.78 is 13.6. The van der Waals surface area contributed by atoms with Crippen LogP contribution >= 0.6 is 11.3 Å². The Balaban J connectivity index is 1.61. The molecule has 1 aliphatic heterocycles. The maximum Gasteiger partial charge on any atom is 0.257 e. The molecule has 0 bridgehead atoms. The summed E-state index contributed by atoms with van der Waals surface area (Å²) in [4.78, 5) is 33.1. The summed E-state index contributed by atoms with van der Waals surface area (Å²) in [6.07, 6.45) is 0. The maximum atomic E-state index is 13.3. The van der Waals surface area contributed by atoms with Crippen LogP contribution in [0, 0.1) is 20.8 Å². The molecule has 186 valence electrons. The van der Waals surface area contributed by atoms with Crippen molar-refractivity contribution in [3.05, 3.63) is 79.2 Å². The molecule has 4 rings (SSSR count). The molecule has 8 nitrogen and oxygen atoms in total. The molecule has 35 heavy (non-hydrogen) atoms. The zero-order valence-electron chi connectivity index (χ0n) is 20.5. The Morgan fingerprint density at radius 3 is 2.57 bits per heavy atom. The van der Waals surface area contributed by atoms with E-state index < -0.39 is 5.91 Å². The molecule has 1 amide bonds. The zero-order chi connectivity index (χ0) is 24.8. The van der Waals surface area contributed by atoms with Crippen LogP contribution in [0.1, 0.15) is 38.0 Å². The number of hydrogen-bond acceptors (Lipinski definition) is 7. The normalized spacial score (nSPS) is 14.1. The molecule has 1 saturated heterocycles. The number of morpholine rings is 1. The first kappa shape index (κ1) is 25.1. The van der Waals surface area contributed by atoms with Crippen molar-refractivity contribution in [1.29, 1.82) is 0 Å². The van der Waals surface area contributed by atoms with Gasteiger partial charge < -0.3 is 19.4 Å². The third kappa shape index (κ3) is 6.56. The molecule has 2 aromatic heterocycles. The molecule has 0 spiro atoms. The number of pyridine rings is 1. The van der Waals surface area contributed by atoms with Crippen molar-refractivity contribution in [2.75, 3.05) is 32.8 Å². The lowest BCUT2D eigenvalue weighted by Gasteiger charge is -2.28. The standard InChI is InChI=1S/C26H32N4O4S/c1-18-4-6-21(7-5-18)34-16-22-25(26(32)27-15-24-28-19(2)17-35-24)23(31)14-20(3)30(22)9-8-29-10-12-33-13-11-29/h4-7,14,17H,8-13,15-16H2,1-3H3,(H,27,32). The second-order valence-corrected chi connectivity index (χ2v) is 9.69. The first-order valence-corrected chi connectivity index (χ1v) is 12.7. The lowest BCUT2D eigenvalue weighted by molar-refractivity contribution is 0.0361. The van der Waals surface area contributed by atoms with Crippen LogP contribution in [-0.2, 0) is 24.4 Å². The smallest absolute Gasteiger partial charge is 0.257 e. The average molecular weight is 497 g/mol. The van der Waals surface area contributed by atoms with Crippen molar-refractivity contribution in [1.82, 2.24) is 19.8 Å². The van der Waals surface area contributed by atoms with Gasteiger partial charge in [0.2, 0.25) is 0 Å². The van der Waals surface area contributed by atoms with Crippen molar-refractivity contribution >= 4 is 17.2 Å². The first-order chi connectivity index (χ1) is 16.9. The van der Waals surface area contributed by atoms with Gasteiger partial charge in [-0.1, -0.05) is 17.7 Å². The topological polar surface area (TPSA) is 85.7 Å². The third-order valence-electron chi connectivity index (χ3n) is 6.06. The molecule has 3 heterocycles. The van der Waals surface area contributed by atoms with Gasteiger partial charge in [-0.05, 0) is 32.9 Å². The Kier molecular flexibility index (Phi) is 8.33. The van der Waals surface area contributed by atoms with E-state index in [-0.39, 0.29) is 24.1 Å². The number of hydrogen-bond donors (Lipinski definition) is 1. The fourth-order valence-electron chi connectivity index (χ4n) is 4.11. The maximum absolute atomic E-state index is 13.3. The van der Waals surface area contributed by atoms with Crippen LogP contribution in [-0.4, -0.2) is 53.2 Å². The number of nitrogens with one attached hydrogen (secondary N) is 1. The monoisotopic (exact) mass is 496 g/mol. The zero-order valence-corrected chi connectivity index (χ0v) is 21.3. The van der Waals surface area contributed by atoms with Gasteiger partial charge >= 0.3 is 0 Å². The van der Waals surface area contributed by atoms with Gasteiger partial charge in [0.15, 0.2) is 5.43 Å². The van der Waals surface area contributed by atoms with Gasteiger partial charge in [0.05, 0.1) is 25.5 Å². The van der Waals surface area contributed by atoms with E-state index in [2.05, 4.69) is 15.2 Å². The highest BCUT2D eigenvalue weighted by Crippen LogP contribution is 2.17. The van der Waals surface area contributed by atoms with E-state index in [1.807, 2.05) is 55.0 Å². The summed E-state index contributed by atoms with van der Waals surface area (Å²) in [5, 5.41) is 5.62. The molecule has 0 atom stereocenters. The minimum absolute atomic E-state index is 0.113. The van der Waals surface area contributed by atoms with E-state index in [0.717, 1.165) is 54.8 Å². The highest BCUT2D eigenvalue weighted by Gasteiger charge is 2.22. The van der Waals surface area contributed by atoms with Crippen LogP contribution in [0.3, 0.4) is 0 Å². The van der Waals surface area contributed by atoms with Crippen molar-refractivity contribution in [3.8, 4) is 5.75 Å². The van der Waals surface area contributed by atoms with Gasteiger partial charge in [0, 0.05) is 49.0 Å². The Bertz CT molecular complexity index is 1210. The second kappa shape index (κ2) is 11.6. The molecule has 0 radical (unpaired) electrons. The van der Waals surface area contributed by atoms with Gasteiger partial charge in [-0.2, -0.15) is 0 Å². The van der Waals surface area contributed by atoms with Gasteiger partial charge in [-0.3, -0.25) is 14.5 Å². The van der Waals surface area contributed by atoms with Gasteiger partial charge in [0.25, 0.3) is 5.91 Å². The summed E-state index contributed by atoms with van der Waals surface area (Å²) in [6.45, 7) is 10.8. The number of ether oxygens (including phenoxy) is 2. The number of nitrogens with zero attached hydrogens (tertiary/aromatic N) is 3. The minimum atomic E-state index is -0.412. The van der Waals surface area contributed by atoms with Crippen molar-refractivity contribution < 1.29 is 14.3 Å². The third-order valence-corrected chi connectivity index (χ3v) is 7.03. The molecular formula is C26H32N4O4S. The molecule has 0 aliphatic carbocycles. The summed E-state index contributed by atoms with van der Waals surface area (Å²) in [6, 6.07) is 9.27. The number of aromatic nitrogens is 2. The van der Waals surface area contributed by atoms with Crippen LogP contribution in [0.25, 0.3) is 0 Å². The Labute approximate surface area is 209 Å². The SMILES string of the molecule is Cc1ccc(OCc2c(C(=O)NCc3nc(C)cs3)c(=O)cc(C)n2CCN2CCOCC2)cc1. The van der Waals surface area contributed by atoms with Crippen LogP contribution in [0.5, 0.6) is 5.75 Å². The van der Waals surface area contributed by atoms with Crippen LogP contribution < -0.4 is 15.5 Å². The van der Waals surface area contributed by atoms with Crippen molar-refractivity contribution in [2.45, 2.75) is 40.5 Å². The van der Waals surface area contributed by atoms with Gasteiger partial charge in [-0.15, -0.1) is 11.3 Å². The van der Waals surface area contributed by atoms with E-state index in [4.69, 9.17) is 9.47 Å². The molecule has 1 aromatic carbocycles. The molecule has 1 aliphatic rings. The van der Waals surface area contributed by atoms with Crippen molar-refractivity contribution in [2.24, 2.45) is 0 Å². The molecule has 1 N–H and O–H groups in total. The molecule has 9 heteroatoms. The lowest BCUT2D eigenvalue weighted by atomic mass is 10.1. The Morgan fingerprint density at radius 1 is 1.14 bits per heavy atom. The molecule has 1 fully saturated rings. The van der Waals surface area contributed by atoms with E-state index >= 15 is 0 Å². The average Bonchev–Trinajstić information content (AvgIpc) is 3.27. The minimum Gasteiger partial charge on any atom is -0.487 e. The summed E-state index contributed by atoms with van der Waals surface area (Å²) in [5.74, 6) is 0.277. The number of benzene rings is 1. The van der Waals surface area contributed by atoms with Crippen LogP contribution in [0.15, 0.2) is 40.5 Å². The number of carbonyl (C=O) groups is 1. The van der Waals surface area contributed by atoms with Crippen LogP contribution in [0.2, 0.25) is 0 Å². The highest BCUT2D eigenvalue weighted by molar-refractivity contribution is 7.09. The molecular weight excluding hydrogens is 464 g/mol. The quantitative estimate of drug-likeness (QED) is 0.490. The van der Waals surface area contributed by atoms with E-state index in [9.17, 15) is 9.59 Å². The van der Waals surface area contributed by atoms with Gasteiger partial charge in [-0.25, -0.2) is 4.98 Å². The number of amides is 1. The number of thiazole rings is 1. The molecule has 0 saturated carbocycles. The molecule has 0 unspecified atom stereocenters. The Morgan fingerprint density at radius 2 is 1.89 bits per heavy atom. The molecule has 3 aromatic rings. The number of aryl methyl sites for hydroxylation is 3. The van der Waals surface area contributed by atoms with E-state index in [0.29, 0.717) is 18.0 Å². The van der Waals surface area contributed by atoms with E-state index in [1.165, 1.54) is 17.4 Å². The largest absolute Gasteiger partial charge is 0.487 e. The van der Waals surface area contributed by atoms with Gasteiger partial charge in [0.1, 0.15) is 22.9 Å². The van der Waals surface area contributed by atoms with Crippen LogP contribution in [0.4, 0.5) is 0 Å². The summed E-state index contributed by atoms with van der Waals surface area (Å²) in [5.41, 5.74) is 3.24. The predicted octanol–water partition coefficient (Wildman–Crippen LogP) is 3.07. The first-order valence-electron chi connectivity index (χ1n) is 11.8. The predicted molar refractivity (Wildman–Crippen MR) is 136 cm³/mol. The summed E-state index contributed by atoms with van der Waals surface area (Å²) >= 11 is 1.48. The lowest BCUT2D eigenvalue weighted by Crippen LogP contribution is -2.39.